The van der Waals surface area contributed by atoms with Gasteiger partial charge in [-0.2, -0.15) is 5.26 Å². The molecule has 1 aromatic carbocycles. The molecule has 1 aromatic heterocycles. The third-order valence-electron chi connectivity index (χ3n) is 4.69. The van der Waals surface area contributed by atoms with E-state index in [2.05, 4.69) is 21.7 Å². The van der Waals surface area contributed by atoms with Crippen LogP contribution >= 0.6 is 23.2 Å². The van der Waals surface area contributed by atoms with Gasteiger partial charge in [0.25, 0.3) is 0 Å². The zero-order chi connectivity index (χ0) is 23.6. The summed E-state index contributed by atoms with van der Waals surface area (Å²) in [6.45, 7) is 4.63. The Morgan fingerprint density at radius 3 is 2.69 bits per heavy atom. The lowest BCUT2D eigenvalue weighted by Crippen LogP contribution is -2.37. The largest absolute Gasteiger partial charge is 0.463 e. The van der Waals surface area contributed by atoms with Gasteiger partial charge in [0.05, 0.1) is 29.7 Å². The number of halogens is 2. The molecule has 32 heavy (non-hydrogen) atoms. The molecule has 2 aromatic rings. The molecule has 0 saturated carbocycles. The van der Waals surface area contributed by atoms with E-state index in [0.717, 1.165) is 0 Å². The highest BCUT2D eigenvalue weighted by molar-refractivity contribution is 6.35. The van der Waals surface area contributed by atoms with Gasteiger partial charge in [-0.3, -0.25) is 9.69 Å². The van der Waals surface area contributed by atoms with E-state index >= 15 is 0 Å². The van der Waals surface area contributed by atoms with Gasteiger partial charge in [-0.05, 0) is 41.9 Å². The highest BCUT2D eigenvalue weighted by atomic mass is 35.5. The monoisotopic (exact) mass is 476 g/mol. The number of allylic oxidation sites excluding steroid dienone is 2. The van der Waals surface area contributed by atoms with Gasteiger partial charge in [0.1, 0.15) is 5.82 Å². The number of nitrogens with two attached hydrogens (primary N) is 1. The van der Waals surface area contributed by atoms with Crippen LogP contribution in [0.2, 0.25) is 10.0 Å². The first-order valence-electron chi connectivity index (χ1n) is 9.34. The number of hydrogen-bond acceptors (Lipinski definition) is 9. The van der Waals surface area contributed by atoms with Crippen molar-refractivity contribution < 1.29 is 19.0 Å². The SMILES string of the molecule is CCOC(=O)C1=C(C)N(c2nonc2NC(C)=O)C(N)=C(C#N)C1c1ccc(Cl)cc1Cl. The van der Waals surface area contributed by atoms with Crippen LogP contribution in [0.4, 0.5) is 11.6 Å². The summed E-state index contributed by atoms with van der Waals surface area (Å²) in [6, 6.07) is 6.77. The highest BCUT2D eigenvalue weighted by Crippen LogP contribution is 2.45. The van der Waals surface area contributed by atoms with E-state index in [-0.39, 0.29) is 40.2 Å². The Bertz CT molecular complexity index is 1200. The van der Waals surface area contributed by atoms with Crippen molar-refractivity contribution in [2.24, 2.45) is 5.73 Å². The summed E-state index contributed by atoms with van der Waals surface area (Å²) < 4.78 is 10.0. The van der Waals surface area contributed by atoms with Crippen molar-refractivity contribution in [2.45, 2.75) is 26.7 Å². The maximum Gasteiger partial charge on any atom is 0.336 e. The van der Waals surface area contributed by atoms with Gasteiger partial charge < -0.3 is 15.8 Å². The molecule has 1 atom stereocenters. The van der Waals surface area contributed by atoms with Gasteiger partial charge in [0.2, 0.25) is 17.5 Å². The highest BCUT2D eigenvalue weighted by Gasteiger charge is 2.41. The number of nitrogens with one attached hydrogen (secondary N) is 1. The van der Waals surface area contributed by atoms with Crippen molar-refractivity contribution in [1.29, 1.82) is 5.26 Å². The number of anilines is 2. The Morgan fingerprint density at radius 2 is 2.09 bits per heavy atom. The molecule has 1 aliphatic rings. The predicted octanol–water partition coefficient (Wildman–Crippen LogP) is 3.47. The zero-order valence-corrected chi connectivity index (χ0v) is 18.8. The molecule has 1 amide bonds. The summed E-state index contributed by atoms with van der Waals surface area (Å²) >= 11 is 12.4. The predicted molar refractivity (Wildman–Crippen MR) is 116 cm³/mol. The number of amides is 1. The molecule has 12 heteroatoms. The fraction of sp³-hybridized carbons (Fsp3) is 0.250. The summed E-state index contributed by atoms with van der Waals surface area (Å²) in [7, 11) is 0. The Balaban J connectivity index is 2.29. The summed E-state index contributed by atoms with van der Waals surface area (Å²) in [6.07, 6.45) is 0. The summed E-state index contributed by atoms with van der Waals surface area (Å²) in [4.78, 5) is 25.9. The minimum atomic E-state index is -0.927. The van der Waals surface area contributed by atoms with Crippen LogP contribution in [0.25, 0.3) is 0 Å². The minimum Gasteiger partial charge on any atom is -0.463 e. The lowest BCUT2D eigenvalue weighted by molar-refractivity contribution is -0.138. The molecule has 0 bridgehead atoms. The Kier molecular flexibility index (Phi) is 6.72. The number of carbonyl (C=O) groups excluding carboxylic acids is 2. The lowest BCUT2D eigenvalue weighted by atomic mass is 9.81. The zero-order valence-electron chi connectivity index (χ0n) is 17.3. The average Bonchev–Trinajstić information content (AvgIpc) is 3.15. The number of ether oxygens (including phenoxy) is 1. The molecular formula is C20H18Cl2N6O4. The minimum absolute atomic E-state index is 0.00889. The lowest BCUT2D eigenvalue weighted by Gasteiger charge is -2.34. The number of carbonyl (C=O) groups is 2. The molecule has 3 N–H and O–H groups in total. The fourth-order valence-electron chi connectivity index (χ4n) is 3.41. The molecule has 1 aliphatic heterocycles. The molecule has 0 fully saturated rings. The van der Waals surface area contributed by atoms with Crippen molar-refractivity contribution in [3.05, 3.63) is 56.5 Å². The molecule has 0 saturated heterocycles. The van der Waals surface area contributed by atoms with E-state index in [1.54, 1.807) is 26.0 Å². The summed E-state index contributed by atoms with van der Waals surface area (Å²) in [5.74, 6) is -2.13. The number of nitriles is 1. The molecule has 0 aliphatic carbocycles. The Hall–Kier alpha value is -3.55. The number of hydrogen-bond donors (Lipinski definition) is 2. The molecule has 1 unspecified atom stereocenters. The van der Waals surface area contributed by atoms with E-state index in [1.165, 1.54) is 17.9 Å². The number of benzene rings is 1. The standard InChI is InChI=1S/C20H18Cl2N6O4/c1-4-31-20(30)15-9(2)28(19-18(25-10(3)29)26-32-27-19)17(24)13(8-23)16(15)12-6-5-11(21)7-14(12)22/h5-7,16H,4,24H2,1-3H3,(H,25,26,29). The number of esters is 1. The maximum atomic E-state index is 13.0. The van der Waals surface area contributed by atoms with E-state index in [4.69, 9.17) is 38.3 Å². The normalized spacial score (nSPS) is 16.1. The van der Waals surface area contributed by atoms with Crippen LogP contribution in [0, 0.1) is 11.3 Å². The van der Waals surface area contributed by atoms with Crippen LogP contribution in [-0.2, 0) is 14.3 Å². The van der Waals surface area contributed by atoms with Crippen LogP contribution in [0.15, 0.2) is 45.5 Å². The van der Waals surface area contributed by atoms with Crippen LogP contribution in [-0.4, -0.2) is 28.8 Å². The van der Waals surface area contributed by atoms with E-state index in [1.807, 2.05) is 0 Å². The van der Waals surface area contributed by atoms with Crippen molar-refractivity contribution >= 4 is 46.7 Å². The molecule has 0 radical (unpaired) electrons. The smallest absolute Gasteiger partial charge is 0.336 e. The molecule has 10 nitrogen and oxygen atoms in total. The number of rotatable bonds is 5. The fourth-order valence-corrected chi connectivity index (χ4v) is 3.93. The van der Waals surface area contributed by atoms with Crippen LogP contribution in [0.5, 0.6) is 0 Å². The van der Waals surface area contributed by atoms with Gasteiger partial charge in [-0.25, -0.2) is 9.42 Å². The average molecular weight is 477 g/mol. The van der Waals surface area contributed by atoms with Crippen LogP contribution in [0.3, 0.4) is 0 Å². The van der Waals surface area contributed by atoms with Gasteiger partial charge >= 0.3 is 5.97 Å². The van der Waals surface area contributed by atoms with E-state index < -0.39 is 17.8 Å². The molecule has 2 heterocycles. The van der Waals surface area contributed by atoms with Gasteiger partial charge in [-0.1, -0.05) is 29.3 Å². The number of nitrogens with zero attached hydrogens (tertiary/aromatic N) is 4. The second kappa shape index (κ2) is 9.30. The first kappa shape index (κ1) is 23.1. The summed E-state index contributed by atoms with van der Waals surface area (Å²) in [5, 5.41) is 20.6. The first-order chi connectivity index (χ1) is 15.2. The van der Waals surface area contributed by atoms with Crippen LogP contribution < -0.4 is 16.0 Å². The second-order valence-corrected chi connectivity index (χ2v) is 7.53. The van der Waals surface area contributed by atoms with Gasteiger partial charge in [-0.15, -0.1) is 0 Å². The van der Waals surface area contributed by atoms with E-state index in [9.17, 15) is 14.9 Å². The first-order valence-corrected chi connectivity index (χ1v) is 10.1. The third-order valence-corrected chi connectivity index (χ3v) is 5.25. The molecule has 166 valence electrons. The van der Waals surface area contributed by atoms with Crippen LogP contribution in [0.1, 0.15) is 32.3 Å². The Morgan fingerprint density at radius 1 is 1.38 bits per heavy atom. The quantitative estimate of drug-likeness (QED) is 0.618. The number of aromatic nitrogens is 2. The molecule has 3 rings (SSSR count). The van der Waals surface area contributed by atoms with E-state index in [0.29, 0.717) is 16.3 Å². The third kappa shape index (κ3) is 4.12. The maximum absolute atomic E-state index is 13.0. The van der Waals surface area contributed by atoms with Crippen molar-refractivity contribution in [3.63, 3.8) is 0 Å². The van der Waals surface area contributed by atoms with Crippen molar-refractivity contribution in [3.8, 4) is 6.07 Å². The van der Waals surface area contributed by atoms with Gasteiger partial charge in [0, 0.05) is 22.7 Å². The molecule has 0 spiro atoms. The van der Waals surface area contributed by atoms with Crippen molar-refractivity contribution in [2.75, 3.05) is 16.8 Å². The molecular weight excluding hydrogens is 459 g/mol. The topological polar surface area (TPSA) is 147 Å². The summed E-state index contributed by atoms with van der Waals surface area (Å²) in [5.41, 5.74) is 7.22. The van der Waals surface area contributed by atoms with Crippen molar-refractivity contribution in [1.82, 2.24) is 10.3 Å². The van der Waals surface area contributed by atoms with Gasteiger partial charge in [0.15, 0.2) is 0 Å². The second-order valence-electron chi connectivity index (χ2n) is 6.68. The Labute approximate surface area is 193 Å².